The fraction of sp³-hybridized carbons (Fsp3) is 0.154. The molecule has 0 spiro atoms. The molecule has 0 bridgehead atoms. The molecule has 6 nitrogen and oxygen atoms in total. The molecule has 1 aromatic carbocycles. The number of rotatable bonds is 2. The van der Waals surface area contributed by atoms with Crippen LogP contribution in [0.15, 0.2) is 28.8 Å². The first-order valence-electron chi connectivity index (χ1n) is 5.74. The maximum Gasteiger partial charge on any atom is 0.214 e. The van der Waals surface area contributed by atoms with Crippen LogP contribution in [0.5, 0.6) is 0 Å². The Bertz CT molecular complexity index is 793. The van der Waals surface area contributed by atoms with Gasteiger partial charge in [0.2, 0.25) is 11.8 Å². The minimum Gasteiger partial charge on any atom is -0.444 e. The minimum atomic E-state index is 0.376. The predicted octanol–water partition coefficient (Wildman–Crippen LogP) is 1.83. The van der Waals surface area contributed by atoms with Gasteiger partial charge < -0.3 is 14.7 Å². The van der Waals surface area contributed by atoms with E-state index in [2.05, 4.69) is 16.0 Å². The van der Waals surface area contributed by atoms with Crippen molar-refractivity contribution in [1.29, 1.82) is 5.26 Å². The number of nitrogens with zero attached hydrogens (tertiary/aromatic N) is 4. The van der Waals surface area contributed by atoms with Crippen molar-refractivity contribution in [1.82, 2.24) is 14.5 Å². The number of hydrogen-bond acceptors (Lipinski definition) is 5. The van der Waals surface area contributed by atoms with Crippen molar-refractivity contribution >= 4 is 17.0 Å². The molecule has 3 aromatic rings. The van der Waals surface area contributed by atoms with E-state index in [1.807, 2.05) is 6.92 Å². The van der Waals surface area contributed by atoms with Crippen LogP contribution in [0, 0.1) is 18.3 Å². The fourth-order valence-corrected chi connectivity index (χ4v) is 1.99. The van der Waals surface area contributed by atoms with E-state index in [0.29, 0.717) is 23.9 Å². The Kier molecular flexibility index (Phi) is 2.46. The van der Waals surface area contributed by atoms with Gasteiger partial charge in [-0.15, -0.1) is 0 Å². The minimum absolute atomic E-state index is 0.376. The molecule has 0 amide bonds. The molecule has 2 heterocycles. The highest BCUT2D eigenvalue weighted by atomic mass is 16.4. The first-order valence-corrected chi connectivity index (χ1v) is 5.74. The highest BCUT2D eigenvalue weighted by Crippen LogP contribution is 2.20. The quantitative estimate of drug-likeness (QED) is 0.752. The number of aryl methyl sites for hydroxylation is 1. The Hall–Kier alpha value is -2.81. The molecule has 0 saturated heterocycles. The van der Waals surface area contributed by atoms with E-state index in [0.717, 1.165) is 16.8 Å². The lowest BCUT2D eigenvalue weighted by Gasteiger charge is -2.03. The van der Waals surface area contributed by atoms with Crippen LogP contribution in [0.1, 0.15) is 17.2 Å². The Morgan fingerprint density at radius 2 is 2.32 bits per heavy atom. The van der Waals surface area contributed by atoms with Gasteiger partial charge in [0.25, 0.3) is 0 Å². The molecule has 2 aromatic heterocycles. The number of nitrogen functional groups attached to an aromatic ring is 1. The summed E-state index contributed by atoms with van der Waals surface area (Å²) < 4.78 is 7.22. The summed E-state index contributed by atoms with van der Waals surface area (Å²) in [5, 5.41) is 8.95. The highest BCUT2D eigenvalue weighted by molar-refractivity contribution is 5.79. The van der Waals surface area contributed by atoms with Gasteiger partial charge in [-0.25, -0.2) is 9.97 Å². The highest BCUT2D eigenvalue weighted by Gasteiger charge is 2.11. The van der Waals surface area contributed by atoms with Gasteiger partial charge in [-0.1, -0.05) is 0 Å². The number of anilines is 1. The molecule has 3 rings (SSSR count). The van der Waals surface area contributed by atoms with Crippen LogP contribution in [-0.4, -0.2) is 14.5 Å². The van der Waals surface area contributed by atoms with Crippen LogP contribution in [-0.2, 0) is 6.54 Å². The molecule has 0 fully saturated rings. The summed E-state index contributed by atoms with van der Waals surface area (Å²) in [4.78, 5) is 8.40. The van der Waals surface area contributed by atoms with Gasteiger partial charge in [0.05, 0.1) is 28.9 Å². The molecule has 0 aliphatic heterocycles. The van der Waals surface area contributed by atoms with Gasteiger partial charge in [0.15, 0.2) is 0 Å². The zero-order valence-electron chi connectivity index (χ0n) is 10.3. The summed E-state index contributed by atoms with van der Waals surface area (Å²) in [6, 6.07) is 7.36. The summed E-state index contributed by atoms with van der Waals surface area (Å²) in [6.07, 6.45) is 1.66. The van der Waals surface area contributed by atoms with Crippen molar-refractivity contribution in [3.63, 3.8) is 0 Å². The van der Waals surface area contributed by atoms with Crippen LogP contribution in [0.4, 0.5) is 5.95 Å². The summed E-state index contributed by atoms with van der Waals surface area (Å²) in [5.41, 5.74) is 8.01. The van der Waals surface area contributed by atoms with E-state index in [9.17, 15) is 0 Å². The Morgan fingerprint density at radius 3 is 3.00 bits per heavy atom. The molecular formula is C13H11N5O. The van der Waals surface area contributed by atoms with Gasteiger partial charge >= 0.3 is 0 Å². The van der Waals surface area contributed by atoms with Crippen LogP contribution in [0.3, 0.4) is 0 Å². The number of nitrogens with two attached hydrogens (primary N) is 1. The summed E-state index contributed by atoms with van der Waals surface area (Å²) >= 11 is 0. The topological polar surface area (TPSA) is 93.7 Å². The molecule has 19 heavy (non-hydrogen) atoms. The SMILES string of the molecule is Cc1cnc(Cn2c(N)nc3ccc(C#N)cc32)o1. The van der Waals surface area contributed by atoms with Crippen molar-refractivity contribution in [3.05, 3.63) is 41.6 Å². The number of aromatic nitrogens is 3. The molecule has 0 saturated carbocycles. The molecule has 0 radical (unpaired) electrons. The van der Waals surface area contributed by atoms with Gasteiger partial charge in [0, 0.05) is 0 Å². The third-order valence-electron chi connectivity index (χ3n) is 2.87. The number of imidazole rings is 1. The molecule has 0 atom stereocenters. The average Bonchev–Trinajstić information content (AvgIpc) is 2.94. The van der Waals surface area contributed by atoms with Crippen molar-refractivity contribution < 1.29 is 4.42 Å². The van der Waals surface area contributed by atoms with Crippen LogP contribution in [0.25, 0.3) is 11.0 Å². The van der Waals surface area contributed by atoms with Crippen LogP contribution >= 0.6 is 0 Å². The Morgan fingerprint density at radius 1 is 1.47 bits per heavy atom. The lowest BCUT2D eigenvalue weighted by molar-refractivity contribution is 0.461. The second-order valence-corrected chi connectivity index (χ2v) is 4.24. The average molecular weight is 253 g/mol. The summed E-state index contributed by atoms with van der Waals surface area (Å²) in [5.74, 6) is 1.68. The number of benzene rings is 1. The lowest BCUT2D eigenvalue weighted by Crippen LogP contribution is -2.04. The normalized spacial score (nSPS) is 10.7. The fourth-order valence-electron chi connectivity index (χ4n) is 1.99. The third kappa shape index (κ3) is 1.91. The van der Waals surface area contributed by atoms with Crippen molar-refractivity contribution in [2.75, 3.05) is 5.73 Å². The second kappa shape index (κ2) is 4.14. The van der Waals surface area contributed by atoms with Crippen molar-refractivity contribution in [2.24, 2.45) is 0 Å². The maximum atomic E-state index is 8.95. The summed E-state index contributed by atoms with van der Waals surface area (Å²) in [7, 11) is 0. The van der Waals surface area contributed by atoms with Gasteiger partial charge in [0.1, 0.15) is 12.3 Å². The molecule has 94 valence electrons. The van der Waals surface area contributed by atoms with Crippen LogP contribution in [0.2, 0.25) is 0 Å². The zero-order chi connectivity index (χ0) is 13.4. The summed E-state index contributed by atoms with van der Waals surface area (Å²) in [6.45, 7) is 2.23. The third-order valence-corrected chi connectivity index (χ3v) is 2.87. The van der Waals surface area contributed by atoms with E-state index in [1.54, 1.807) is 29.0 Å². The molecule has 0 aliphatic carbocycles. The molecular weight excluding hydrogens is 242 g/mol. The largest absolute Gasteiger partial charge is 0.444 e. The maximum absolute atomic E-state index is 8.95. The van der Waals surface area contributed by atoms with E-state index in [-0.39, 0.29) is 0 Å². The first-order chi connectivity index (χ1) is 9.17. The van der Waals surface area contributed by atoms with Crippen molar-refractivity contribution in [3.8, 4) is 6.07 Å². The van der Waals surface area contributed by atoms with E-state index in [1.165, 1.54) is 0 Å². The predicted molar refractivity (Wildman–Crippen MR) is 69.2 cm³/mol. The first kappa shape index (κ1) is 11.3. The molecule has 0 unspecified atom stereocenters. The number of nitriles is 1. The molecule has 2 N–H and O–H groups in total. The smallest absolute Gasteiger partial charge is 0.214 e. The Labute approximate surface area is 109 Å². The number of oxazole rings is 1. The lowest BCUT2D eigenvalue weighted by atomic mass is 10.2. The van der Waals surface area contributed by atoms with Gasteiger partial charge in [-0.3, -0.25) is 0 Å². The number of fused-ring (bicyclic) bond motifs is 1. The van der Waals surface area contributed by atoms with Crippen LogP contribution < -0.4 is 5.73 Å². The van der Waals surface area contributed by atoms with E-state index < -0.39 is 0 Å². The Balaban J connectivity index is 2.11. The molecule has 0 aliphatic rings. The monoisotopic (exact) mass is 253 g/mol. The number of hydrogen-bond donors (Lipinski definition) is 1. The van der Waals surface area contributed by atoms with E-state index >= 15 is 0 Å². The standard InChI is InChI=1S/C13H11N5O/c1-8-6-16-12(19-8)7-18-11-4-9(5-14)2-3-10(11)17-13(18)15/h2-4,6H,7H2,1H3,(H2,15,17). The van der Waals surface area contributed by atoms with Crippen molar-refractivity contribution in [2.45, 2.75) is 13.5 Å². The molecule has 6 heteroatoms. The van der Waals surface area contributed by atoms with Gasteiger partial charge in [-0.2, -0.15) is 5.26 Å². The van der Waals surface area contributed by atoms with Gasteiger partial charge in [-0.05, 0) is 25.1 Å². The van der Waals surface area contributed by atoms with E-state index in [4.69, 9.17) is 15.4 Å². The second-order valence-electron chi connectivity index (χ2n) is 4.24. The zero-order valence-corrected chi connectivity index (χ0v) is 10.3.